The molecular weight excluding hydrogens is 350 g/mol. The number of aromatic nitrogens is 2. The van der Waals surface area contributed by atoms with Gasteiger partial charge in [0.25, 0.3) is 0 Å². The molecule has 2 aromatic rings. The van der Waals surface area contributed by atoms with E-state index in [1.54, 1.807) is 0 Å². The van der Waals surface area contributed by atoms with E-state index in [0.717, 1.165) is 27.5 Å². The van der Waals surface area contributed by atoms with Crippen molar-refractivity contribution in [3.63, 3.8) is 0 Å². The van der Waals surface area contributed by atoms with Crippen LogP contribution in [0.1, 0.15) is 26.3 Å². The maximum atomic E-state index is 11.9. The Morgan fingerprint density at radius 3 is 2.61 bits per heavy atom. The van der Waals surface area contributed by atoms with Crippen molar-refractivity contribution in [2.45, 2.75) is 31.5 Å². The minimum absolute atomic E-state index is 0.218. The number of carbonyl (C=O) groups excluding carboxylic acids is 1. The van der Waals surface area contributed by atoms with Gasteiger partial charge in [-0.2, -0.15) is 0 Å². The number of thioether (sulfide) groups is 1. The number of hydrogen-bond acceptors (Lipinski definition) is 6. The summed E-state index contributed by atoms with van der Waals surface area (Å²) in [4.78, 5) is 11.9. The van der Waals surface area contributed by atoms with Crippen molar-refractivity contribution in [1.29, 1.82) is 0 Å². The summed E-state index contributed by atoms with van der Waals surface area (Å²) in [5.74, 6) is 0.651. The molecule has 1 heterocycles. The van der Waals surface area contributed by atoms with E-state index in [-0.39, 0.29) is 11.2 Å². The highest BCUT2D eigenvalue weighted by Crippen LogP contribution is 2.27. The van der Waals surface area contributed by atoms with E-state index in [4.69, 9.17) is 11.6 Å². The van der Waals surface area contributed by atoms with Gasteiger partial charge >= 0.3 is 0 Å². The van der Waals surface area contributed by atoms with Crippen LogP contribution in [0.5, 0.6) is 0 Å². The van der Waals surface area contributed by atoms with Crippen molar-refractivity contribution in [1.82, 2.24) is 10.2 Å². The minimum Gasteiger partial charge on any atom is -0.360 e. The highest BCUT2D eigenvalue weighted by atomic mass is 35.5. The van der Waals surface area contributed by atoms with Crippen molar-refractivity contribution in [2.75, 3.05) is 17.6 Å². The third-order valence-electron chi connectivity index (χ3n) is 3.17. The van der Waals surface area contributed by atoms with E-state index in [1.807, 2.05) is 45.0 Å². The lowest BCUT2D eigenvalue weighted by Crippen LogP contribution is -2.21. The summed E-state index contributed by atoms with van der Waals surface area (Å²) in [6.07, 6.45) is 0.891. The number of anilines is 1. The predicted octanol–water partition coefficient (Wildman–Crippen LogP) is 4.55. The number of halogens is 1. The van der Waals surface area contributed by atoms with Gasteiger partial charge in [-0.3, -0.25) is 4.79 Å². The molecule has 0 radical (unpaired) electrons. The van der Waals surface area contributed by atoms with E-state index in [1.165, 1.54) is 28.7 Å². The molecule has 23 heavy (non-hydrogen) atoms. The van der Waals surface area contributed by atoms with Crippen LogP contribution >= 0.6 is 34.7 Å². The summed E-state index contributed by atoms with van der Waals surface area (Å²) in [6.45, 7) is 6.57. The number of nitrogens with one attached hydrogen (secondary N) is 1. The average molecular weight is 370 g/mol. The topological polar surface area (TPSA) is 54.9 Å². The molecule has 1 N–H and O–H groups in total. The molecule has 0 aliphatic carbocycles. The molecule has 4 nitrogen and oxygen atoms in total. The first-order valence-corrected chi connectivity index (χ1v) is 9.50. The molecule has 0 spiro atoms. The van der Waals surface area contributed by atoms with Gasteiger partial charge in [0, 0.05) is 17.0 Å². The fraction of sp³-hybridized carbons (Fsp3) is 0.438. The molecule has 0 aliphatic rings. The Labute approximate surface area is 150 Å². The second kappa shape index (κ2) is 8.13. The SMILES string of the molecule is CC(C)(C)C(=O)CSc1nnc(NCCc2ccc(Cl)cc2)s1. The normalized spacial score (nSPS) is 11.5. The summed E-state index contributed by atoms with van der Waals surface area (Å²) in [6, 6.07) is 7.82. The summed E-state index contributed by atoms with van der Waals surface area (Å²) < 4.78 is 0.816. The fourth-order valence-electron chi connectivity index (χ4n) is 1.65. The molecule has 0 atom stereocenters. The number of benzene rings is 1. The highest BCUT2D eigenvalue weighted by Gasteiger charge is 2.21. The molecule has 0 amide bonds. The van der Waals surface area contributed by atoms with Gasteiger partial charge in [-0.1, -0.05) is 67.6 Å². The predicted molar refractivity (Wildman–Crippen MR) is 98.7 cm³/mol. The first-order chi connectivity index (χ1) is 10.8. The molecule has 0 aliphatic heterocycles. The quantitative estimate of drug-likeness (QED) is 0.725. The molecule has 0 saturated heterocycles. The van der Waals surface area contributed by atoms with E-state index >= 15 is 0 Å². The summed E-state index contributed by atoms with van der Waals surface area (Å²) >= 11 is 8.79. The summed E-state index contributed by atoms with van der Waals surface area (Å²) in [5, 5.41) is 13.0. The number of ketones is 1. The van der Waals surface area contributed by atoms with E-state index in [0.29, 0.717) is 5.75 Å². The lowest BCUT2D eigenvalue weighted by atomic mass is 9.92. The average Bonchev–Trinajstić information content (AvgIpc) is 2.94. The Hall–Kier alpha value is -1.11. The first kappa shape index (κ1) is 18.2. The van der Waals surface area contributed by atoms with Crippen LogP contribution in [0.25, 0.3) is 0 Å². The molecule has 2 rings (SSSR count). The molecule has 7 heteroatoms. The zero-order chi connectivity index (χ0) is 16.9. The second-order valence-electron chi connectivity index (χ2n) is 6.14. The number of nitrogens with zero attached hydrogens (tertiary/aromatic N) is 2. The monoisotopic (exact) mass is 369 g/mol. The third-order valence-corrected chi connectivity index (χ3v) is 5.44. The van der Waals surface area contributed by atoms with Crippen LogP contribution in [-0.2, 0) is 11.2 Å². The van der Waals surface area contributed by atoms with Gasteiger partial charge in [0.2, 0.25) is 5.13 Å². The Morgan fingerprint density at radius 2 is 1.96 bits per heavy atom. The van der Waals surface area contributed by atoms with Crippen LogP contribution in [0.15, 0.2) is 28.6 Å². The molecule has 0 fully saturated rings. The van der Waals surface area contributed by atoms with Gasteiger partial charge in [0.15, 0.2) is 4.34 Å². The maximum Gasteiger partial charge on any atom is 0.206 e. The zero-order valence-corrected chi connectivity index (χ0v) is 15.8. The molecule has 124 valence electrons. The number of carbonyl (C=O) groups is 1. The number of hydrogen-bond donors (Lipinski definition) is 1. The molecular formula is C16H20ClN3OS2. The Balaban J connectivity index is 1.76. The Morgan fingerprint density at radius 1 is 1.26 bits per heavy atom. The third kappa shape index (κ3) is 6.12. The van der Waals surface area contributed by atoms with Crippen molar-refractivity contribution in [3.8, 4) is 0 Å². The van der Waals surface area contributed by atoms with Gasteiger partial charge in [-0.25, -0.2) is 0 Å². The lowest BCUT2D eigenvalue weighted by molar-refractivity contribution is -0.123. The molecule has 0 unspecified atom stereocenters. The van der Waals surface area contributed by atoms with Crippen LogP contribution in [0.2, 0.25) is 5.02 Å². The van der Waals surface area contributed by atoms with Gasteiger partial charge in [-0.15, -0.1) is 10.2 Å². The summed E-state index contributed by atoms with van der Waals surface area (Å²) in [5.41, 5.74) is 0.911. The van der Waals surface area contributed by atoms with Gasteiger partial charge < -0.3 is 5.32 Å². The van der Waals surface area contributed by atoms with Crippen LogP contribution in [0.3, 0.4) is 0 Å². The van der Waals surface area contributed by atoms with E-state index in [2.05, 4.69) is 15.5 Å². The number of rotatable bonds is 7. The van der Waals surface area contributed by atoms with E-state index < -0.39 is 0 Å². The van der Waals surface area contributed by atoms with Gasteiger partial charge in [0.1, 0.15) is 5.78 Å². The number of Topliss-reactive ketones (excluding diaryl/α,β-unsaturated/α-hetero) is 1. The van der Waals surface area contributed by atoms with Crippen LogP contribution in [-0.4, -0.2) is 28.3 Å². The Kier molecular flexibility index (Phi) is 6.44. The van der Waals surface area contributed by atoms with Crippen molar-refractivity contribution in [2.24, 2.45) is 5.41 Å². The highest BCUT2D eigenvalue weighted by molar-refractivity contribution is 8.01. The van der Waals surface area contributed by atoms with Crippen molar-refractivity contribution >= 4 is 45.6 Å². The van der Waals surface area contributed by atoms with Gasteiger partial charge in [0.05, 0.1) is 5.75 Å². The molecule has 1 aromatic carbocycles. The summed E-state index contributed by atoms with van der Waals surface area (Å²) in [7, 11) is 0. The van der Waals surface area contributed by atoms with Crippen LogP contribution < -0.4 is 5.32 Å². The van der Waals surface area contributed by atoms with Crippen molar-refractivity contribution < 1.29 is 4.79 Å². The largest absolute Gasteiger partial charge is 0.360 e. The van der Waals surface area contributed by atoms with Crippen LogP contribution in [0, 0.1) is 5.41 Å². The molecule has 0 bridgehead atoms. The molecule has 0 saturated carbocycles. The fourth-order valence-corrected chi connectivity index (χ4v) is 3.71. The van der Waals surface area contributed by atoms with Crippen LogP contribution in [0.4, 0.5) is 5.13 Å². The standard InChI is InChI=1S/C16H20ClN3OS2/c1-16(2,3)13(21)10-22-15-20-19-14(23-15)18-9-8-11-4-6-12(17)7-5-11/h4-7H,8-10H2,1-3H3,(H,18,19). The van der Waals surface area contributed by atoms with Gasteiger partial charge in [-0.05, 0) is 24.1 Å². The van der Waals surface area contributed by atoms with E-state index in [9.17, 15) is 4.79 Å². The van der Waals surface area contributed by atoms with Crippen molar-refractivity contribution in [3.05, 3.63) is 34.9 Å². The maximum absolute atomic E-state index is 11.9. The smallest absolute Gasteiger partial charge is 0.206 e. The minimum atomic E-state index is -0.308. The second-order valence-corrected chi connectivity index (χ2v) is 8.77. The Bertz CT molecular complexity index is 650. The lowest BCUT2D eigenvalue weighted by Gasteiger charge is -2.15. The molecule has 1 aromatic heterocycles. The zero-order valence-electron chi connectivity index (χ0n) is 13.4. The first-order valence-electron chi connectivity index (χ1n) is 7.32.